The van der Waals surface area contributed by atoms with Gasteiger partial charge in [-0.3, -0.25) is 4.79 Å². The van der Waals surface area contributed by atoms with E-state index >= 15 is 4.79 Å². The van der Waals surface area contributed by atoms with Crippen LogP contribution in [0.4, 0.5) is 0 Å². The number of hydrogen-bond donors (Lipinski definition) is 18. The molecule has 4 saturated carbocycles. The van der Waals surface area contributed by atoms with E-state index in [2.05, 4.69) is 40.7 Å². The van der Waals surface area contributed by atoms with Crippen LogP contribution in [-0.2, 0) is 61.6 Å². The molecule has 0 spiro atoms. The predicted molar refractivity (Wildman–Crippen MR) is 321 cm³/mol. The van der Waals surface area contributed by atoms with Crippen LogP contribution in [0.25, 0.3) is 0 Å². The lowest BCUT2D eigenvalue weighted by atomic mass is 9.33. The molecule has 6 saturated heterocycles. The zero-order valence-electron chi connectivity index (χ0n) is 55.6. The molecular formula is C65H106O31. The topological polar surface area (TPSA) is 492 Å². The van der Waals surface area contributed by atoms with Crippen LogP contribution >= 0.6 is 0 Å². The zero-order chi connectivity index (χ0) is 70.0. The largest absolute Gasteiger partial charge is 0.432 e. The Morgan fingerprint density at radius 1 is 0.500 bits per heavy atom. The van der Waals surface area contributed by atoms with E-state index in [0.717, 1.165) is 5.57 Å². The first-order valence-corrected chi connectivity index (χ1v) is 34.1. The van der Waals surface area contributed by atoms with E-state index in [4.69, 9.17) is 56.8 Å². The van der Waals surface area contributed by atoms with Crippen molar-refractivity contribution in [3.63, 3.8) is 0 Å². The molecule has 6 heterocycles. The van der Waals surface area contributed by atoms with Crippen molar-refractivity contribution in [3.05, 3.63) is 11.6 Å². The first-order chi connectivity index (χ1) is 45.1. The maximum atomic E-state index is 15.4. The lowest BCUT2D eigenvalue weighted by Crippen LogP contribution is -2.67. The van der Waals surface area contributed by atoms with E-state index in [9.17, 15) is 91.9 Å². The Morgan fingerprint density at radius 2 is 1.02 bits per heavy atom. The van der Waals surface area contributed by atoms with Gasteiger partial charge in [-0.2, -0.15) is 0 Å². The van der Waals surface area contributed by atoms with Gasteiger partial charge in [0.15, 0.2) is 31.5 Å². The fourth-order valence-corrected chi connectivity index (χ4v) is 19.0. The van der Waals surface area contributed by atoms with E-state index in [1.54, 1.807) is 0 Å². The van der Waals surface area contributed by atoms with Crippen molar-refractivity contribution in [3.8, 4) is 0 Å². The van der Waals surface area contributed by atoms with Crippen LogP contribution < -0.4 is 0 Å². The number of rotatable bonds is 16. The molecule has 96 heavy (non-hydrogen) atoms. The molecule has 11 aliphatic rings. The summed E-state index contributed by atoms with van der Waals surface area (Å²) in [4.78, 5) is 15.4. The van der Waals surface area contributed by atoms with E-state index in [1.165, 1.54) is 13.8 Å². The lowest BCUT2D eigenvalue weighted by Gasteiger charge is -2.71. The minimum absolute atomic E-state index is 0.0352. The van der Waals surface area contributed by atoms with Crippen molar-refractivity contribution in [2.75, 3.05) is 33.0 Å². The molecule has 0 aromatic carbocycles. The summed E-state index contributed by atoms with van der Waals surface area (Å²) in [6.45, 7) is 13.0. The van der Waals surface area contributed by atoms with Gasteiger partial charge in [0.25, 0.3) is 0 Å². The quantitative estimate of drug-likeness (QED) is 0.0392. The number of esters is 1. The van der Waals surface area contributed by atoms with Gasteiger partial charge in [-0.05, 0) is 117 Å². The van der Waals surface area contributed by atoms with Gasteiger partial charge in [-0.25, -0.2) is 0 Å². The highest BCUT2D eigenvalue weighted by Crippen LogP contribution is 2.76. The van der Waals surface area contributed by atoms with Crippen molar-refractivity contribution in [1.82, 2.24) is 0 Å². The van der Waals surface area contributed by atoms with Gasteiger partial charge in [0.2, 0.25) is 6.29 Å². The Bertz CT molecular complexity index is 2690. The first kappa shape index (κ1) is 75.2. The highest BCUT2D eigenvalue weighted by atomic mass is 16.8. The molecule has 31 heteroatoms. The fraction of sp³-hybridized carbons (Fsp3) is 0.954. The average molecular weight is 1380 g/mol. The number of carbonyl (C=O) groups excluding carboxylic acids is 1. The third kappa shape index (κ3) is 12.8. The molecule has 0 aromatic rings. The number of aliphatic hydroxyl groups is 18. The molecule has 18 N–H and O–H groups in total. The smallest absolute Gasteiger partial charge is 0.315 e. The summed E-state index contributed by atoms with van der Waals surface area (Å²) >= 11 is 0. The number of fused-ring (bicyclic) bond motifs is 7. The Hall–Kier alpha value is -1.95. The molecule has 6 aliphatic heterocycles. The third-order valence-electron chi connectivity index (χ3n) is 25.3. The van der Waals surface area contributed by atoms with Gasteiger partial charge in [0, 0.05) is 5.41 Å². The highest BCUT2D eigenvalue weighted by Gasteiger charge is 2.71. The molecule has 0 bridgehead atoms. The molecule has 0 radical (unpaired) electrons. The summed E-state index contributed by atoms with van der Waals surface area (Å²) in [6.07, 6.45) is -40.7. The molecule has 31 nitrogen and oxygen atoms in total. The lowest BCUT2D eigenvalue weighted by molar-refractivity contribution is -0.388. The van der Waals surface area contributed by atoms with Crippen molar-refractivity contribution in [1.29, 1.82) is 0 Å². The van der Waals surface area contributed by atoms with Gasteiger partial charge in [0.1, 0.15) is 128 Å². The van der Waals surface area contributed by atoms with E-state index in [1.807, 2.05) is 6.92 Å². The SMILES string of the molecule is C[C@@H]1O[C@H](O[C@H]2[C@@H](O)[C@@H](O)[C@H](OC[C@@H]3O[C@H](OC(=O)[C@]45CCC(C)(C)C[C@H]4C4=CC[C@H]6[C@]7(C)CC[C@H](O[C@@H]8OC[C@@H](O)[C@H](O[C@@H]9O[C@@H](CO)[C@H](O)[C@@H](O)[C@H]9O)[C@H]8O[C@H]8O[C@@H](C)[C@H](O)[C@H](O)[C@H]8O)[C@@](C)(CO)[C@H]7CC[C@@]6(C)[C@]4(C)CC5)[C@@H](O)[C@H](O)[C@H]3O)O[C@@H]2CO)[C@@H](O)[C@H](O)[C@H]1O. The van der Waals surface area contributed by atoms with Crippen LogP contribution in [0.3, 0.4) is 0 Å². The van der Waals surface area contributed by atoms with Gasteiger partial charge in [0.05, 0.1) is 56.8 Å². The minimum atomic E-state index is -1.93. The van der Waals surface area contributed by atoms with Gasteiger partial charge < -0.3 is 149 Å². The monoisotopic (exact) mass is 1380 g/mol. The third-order valence-corrected chi connectivity index (χ3v) is 25.3. The van der Waals surface area contributed by atoms with Crippen molar-refractivity contribution in [2.24, 2.45) is 50.2 Å². The van der Waals surface area contributed by atoms with Crippen LogP contribution in [0.5, 0.6) is 0 Å². The van der Waals surface area contributed by atoms with Gasteiger partial charge >= 0.3 is 5.97 Å². The number of allylic oxidation sites excluding steroid dienone is 2. The number of aliphatic hydroxyl groups excluding tert-OH is 18. The standard InChI is InChI=1S/C65H106O31/c1-25-36(70)40(74)45(79)54(87-25)94-51-31(21-67)90-53(49(83)44(51)78)86-23-32-39(73)43(77)48(82)57(91-32)96-59(84)65-17-15-60(3,4)19-28(65)27-9-10-34-61(5)13-12-35(62(6,24-68)33(61)11-14-64(34,8)63(27,7)16-18-65)92-58-52(95-55-46(80)41(75)37(71)26(2)88-55)50(29(69)22-85-58)93-56-47(81)42(76)38(72)30(20-66)89-56/h9,25-26,28-58,66-83H,10-24H2,1-8H3/t25-,26-,28-,29+,30-,31+,32-,33-,34-,35-,36-,37-,38-,39-,40+,41-,42+,43+,44-,45-,46+,47+,48-,49+,50-,51+,52+,53+,54+,55+,56-,57+,58-,61+,62-,63+,64+,65-/m0/s1. The minimum Gasteiger partial charge on any atom is -0.432 e. The summed E-state index contributed by atoms with van der Waals surface area (Å²) in [5.74, 6) is -1.14. The fourth-order valence-electron chi connectivity index (χ4n) is 19.0. The van der Waals surface area contributed by atoms with Crippen LogP contribution in [0.1, 0.15) is 120 Å². The second-order valence-electron chi connectivity index (χ2n) is 31.3. The average Bonchev–Trinajstić information content (AvgIpc) is 0.675. The van der Waals surface area contributed by atoms with Crippen LogP contribution in [0.15, 0.2) is 11.6 Å². The van der Waals surface area contributed by atoms with Crippen LogP contribution in [0, 0.1) is 50.2 Å². The Kier molecular flexibility index (Phi) is 22.1. The van der Waals surface area contributed by atoms with Crippen molar-refractivity contribution in [2.45, 2.75) is 304 Å². The molecule has 0 aromatic heterocycles. The summed E-state index contributed by atoms with van der Waals surface area (Å²) < 4.78 is 72.2. The molecule has 552 valence electrons. The van der Waals surface area contributed by atoms with Crippen molar-refractivity contribution < 1.29 is 154 Å². The maximum Gasteiger partial charge on any atom is 0.315 e. The molecule has 0 unspecified atom stereocenters. The number of hydrogen-bond acceptors (Lipinski definition) is 31. The van der Waals surface area contributed by atoms with Crippen LogP contribution in [-0.4, -0.2) is 315 Å². The van der Waals surface area contributed by atoms with Crippen LogP contribution in [0.2, 0.25) is 0 Å². The Balaban J connectivity index is 0.797. The first-order valence-electron chi connectivity index (χ1n) is 34.1. The zero-order valence-corrected chi connectivity index (χ0v) is 55.6. The number of carbonyl (C=O) groups is 1. The van der Waals surface area contributed by atoms with E-state index in [-0.39, 0.29) is 35.2 Å². The predicted octanol–water partition coefficient (Wildman–Crippen LogP) is -4.72. The summed E-state index contributed by atoms with van der Waals surface area (Å²) in [7, 11) is 0. The molecule has 38 atom stereocenters. The van der Waals surface area contributed by atoms with Gasteiger partial charge in [-0.1, -0.05) is 53.2 Å². The highest BCUT2D eigenvalue weighted by molar-refractivity contribution is 5.79. The molecule has 0 amide bonds. The molecule has 11 rings (SSSR count). The van der Waals surface area contributed by atoms with Crippen molar-refractivity contribution >= 4 is 5.97 Å². The van der Waals surface area contributed by atoms with E-state index in [0.29, 0.717) is 64.2 Å². The Morgan fingerprint density at radius 3 is 1.62 bits per heavy atom. The normalized spacial score (nSPS) is 55.1. The summed E-state index contributed by atoms with van der Waals surface area (Å²) in [5.41, 5.74) is -2.46. The van der Waals surface area contributed by atoms with E-state index < -0.39 is 238 Å². The molecular weight excluding hydrogens is 1280 g/mol. The second-order valence-corrected chi connectivity index (χ2v) is 31.3. The molecule has 10 fully saturated rings. The Labute approximate surface area is 556 Å². The summed E-state index contributed by atoms with van der Waals surface area (Å²) in [6, 6.07) is 0. The second kappa shape index (κ2) is 28.3. The number of ether oxygens (including phenoxy) is 12. The maximum absolute atomic E-state index is 15.4. The molecule has 5 aliphatic carbocycles. The van der Waals surface area contributed by atoms with Gasteiger partial charge in [-0.15, -0.1) is 0 Å². The summed E-state index contributed by atoms with van der Waals surface area (Å²) in [5, 5.41) is 196.